The summed E-state index contributed by atoms with van der Waals surface area (Å²) >= 11 is 0. The summed E-state index contributed by atoms with van der Waals surface area (Å²) in [5.74, 6) is 0. The van der Waals surface area contributed by atoms with E-state index in [4.69, 9.17) is 0 Å². The summed E-state index contributed by atoms with van der Waals surface area (Å²) in [7, 11) is 0. The minimum Gasteiger partial charge on any atom is -0.310 e. The lowest BCUT2D eigenvalue weighted by molar-refractivity contribution is 1.28. The van der Waals surface area contributed by atoms with E-state index in [0.29, 0.717) is 0 Å². The first kappa shape index (κ1) is 30.8. The van der Waals surface area contributed by atoms with Gasteiger partial charge in [0.15, 0.2) is 0 Å². The van der Waals surface area contributed by atoms with E-state index in [2.05, 4.69) is 217 Å². The Bertz CT molecular complexity index is 2920. The predicted octanol–water partition coefficient (Wildman–Crippen LogP) is 14.8. The van der Waals surface area contributed by atoms with Crippen molar-refractivity contribution >= 4 is 60.2 Å². The van der Waals surface area contributed by atoms with Crippen LogP contribution in [0.15, 0.2) is 212 Å². The fraction of sp³-hybridized carbons (Fsp3) is 0. The van der Waals surface area contributed by atoms with Crippen molar-refractivity contribution in [3.8, 4) is 33.4 Å². The SMILES string of the molecule is c1ccc(-c2ccccc2N(c2ccc(-c3ccc4ccccc4c3)cc2)c2ccc(-c3ccc4ccc5c6ccccc6ccc5c4c3)cc2)cc1. The third-order valence-corrected chi connectivity index (χ3v) is 10.6. The van der Waals surface area contributed by atoms with Crippen LogP contribution in [-0.2, 0) is 0 Å². The first-order valence-electron chi connectivity index (χ1n) is 18.3. The highest BCUT2D eigenvalue weighted by Crippen LogP contribution is 2.42. The molecular weight excluding hydrogens is 639 g/mol. The molecule has 248 valence electrons. The van der Waals surface area contributed by atoms with Crippen LogP contribution in [0.2, 0.25) is 0 Å². The highest BCUT2D eigenvalue weighted by atomic mass is 15.1. The maximum Gasteiger partial charge on any atom is 0.0540 e. The van der Waals surface area contributed by atoms with Crippen molar-refractivity contribution in [2.75, 3.05) is 4.90 Å². The zero-order valence-electron chi connectivity index (χ0n) is 29.2. The molecule has 0 spiro atoms. The Labute approximate surface area is 309 Å². The Morgan fingerprint density at radius 2 is 0.736 bits per heavy atom. The average Bonchev–Trinajstić information content (AvgIpc) is 3.24. The normalized spacial score (nSPS) is 11.4. The lowest BCUT2D eigenvalue weighted by atomic mass is 9.94. The molecule has 53 heavy (non-hydrogen) atoms. The number of anilines is 3. The summed E-state index contributed by atoms with van der Waals surface area (Å²) in [5.41, 5.74) is 10.5. The molecule has 10 aromatic carbocycles. The summed E-state index contributed by atoms with van der Waals surface area (Å²) in [6.07, 6.45) is 0. The van der Waals surface area contributed by atoms with Crippen LogP contribution in [0.25, 0.3) is 76.5 Å². The maximum absolute atomic E-state index is 2.38. The van der Waals surface area contributed by atoms with E-state index in [0.717, 1.165) is 17.1 Å². The van der Waals surface area contributed by atoms with Crippen molar-refractivity contribution in [3.63, 3.8) is 0 Å². The van der Waals surface area contributed by atoms with Gasteiger partial charge in [0.1, 0.15) is 0 Å². The maximum atomic E-state index is 2.38. The van der Waals surface area contributed by atoms with Crippen LogP contribution in [0.3, 0.4) is 0 Å². The lowest BCUT2D eigenvalue weighted by Gasteiger charge is -2.28. The van der Waals surface area contributed by atoms with Crippen molar-refractivity contribution in [2.45, 2.75) is 0 Å². The van der Waals surface area contributed by atoms with Gasteiger partial charge in [0, 0.05) is 16.9 Å². The molecule has 1 nitrogen and oxygen atoms in total. The molecule has 0 amide bonds. The fourth-order valence-electron chi connectivity index (χ4n) is 7.93. The van der Waals surface area contributed by atoms with E-state index in [1.165, 1.54) is 76.5 Å². The van der Waals surface area contributed by atoms with Gasteiger partial charge in [-0.05, 0) is 113 Å². The van der Waals surface area contributed by atoms with Gasteiger partial charge in [-0.25, -0.2) is 0 Å². The standard InChI is InChI=1S/C52H35N/c1-2-11-39(12-3-1)48-16-8-9-17-52(48)53(45-28-22-37(23-29-45)43-20-18-36-10-4-5-14-42(36)34-43)46-30-24-38(25-31-46)44-21-19-41-27-32-49-47-15-7-6-13-40(47)26-33-50(49)51(41)35-44/h1-35H. The van der Waals surface area contributed by atoms with E-state index < -0.39 is 0 Å². The molecule has 10 rings (SSSR count). The van der Waals surface area contributed by atoms with Crippen LogP contribution in [0.4, 0.5) is 17.1 Å². The Kier molecular flexibility index (Phi) is 7.55. The van der Waals surface area contributed by atoms with Crippen LogP contribution < -0.4 is 4.90 Å². The molecule has 0 unspecified atom stereocenters. The number of hydrogen-bond acceptors (Lipinski definition) is 1. The minimum atomic E-state index is 1.10. The van der Waals surface area contributed by atoms with Crippen molar-refractivity contribution in [1.29, 1.82) is 0 Å². The topological polar surface area (TPSA) is 3.24 Å². The number of hydrogen-bond donors (Lipinski definition) is 0. The Hall–Kier alpha value is -6.96. The van der Waals surface area contributed by atoms with Crippen molar-refractivity contribution in [1.82, 2.24) is 0 Å². The monoisotopic (exact) mass is 673 g/mol. The minimum absolute atomic E-state index is 1.10. The zero-order valence-corrected chi connectivity index (χ0v) is 29.2. The summed E-state index contributed by atoms with van der Waals surface area (Å²) in [4.78, 5) is 2.38. The molecule has 0 aliphatic carbocycles. The van der Waals surface area contributed by atoms with Gasteiger partial charge < -0.3 is 4.90 Å². The van der Waals surface area contributed by atoms with Gasteiger partial charge in [0.2, 0.25) is 0 Å². The smallest absolute Gasteiger partial charge is 0.0540 e. The number of benzene rings is 10. The summed E-state index contributed by atoms with van der Waals surface area (Å²) in [5, 5.41) is 10.2. The first-order chi connectivity index (χ1) is 26.3. The van der Waals surface area contributed by atoms with Gasteiger partial charge >= 0.3 is 0 Å². The van der Waals surface area contributed by atoms with Gasteiger partial charge in [-0.2, -0.15) is 0 Å². The second kappa shape index (κ2) is 13.0. The molecule has 0 radical (unpaired) electrons. The average molecular weight is 674 g/mol. The summed E-state index contributed by atoms with van der Waals surface area (Å²) < 4.78 is 0. The molecule has 0 bridgehead atoms. The molecule has 0 saturated heterocycles. The number of para-hydroxylation sites is 1. The van der Waals surface area contributed by atoms with Crippen LogP contribution in [-0.4, -0.2) is 0 Å². The van der Waals surface area contributed by atoms with Crippen LogP contribution in [0, 0.1) is 0 Å². The molecule has 0 saturated carbocycles. The second-order valence-electron chi connectivity index (χ2n) is 13.8. The molecule has 0 heterocycles. The Morgan fingerprint density at radius 3 is 1.45 bits per heavy atom. The molecule has 0 aliphatic rings. The third-order valence-electron chi connectivity index (χ3n) is 10.6. The summed E-state index contributed by atoms with van der Waals surface area (Å²) in [6, 6.07) is 77.2. The van der Waals surface area contributed by atoms with Gasteiger partial charge in [0.05, 0.1) is 5.69 Å². The Morgan fingerprint density at radius 1 is 0.245 bits per heavy atom. The first-order valence-corrected chi connectivity index (χ1v) is 18.3. The van der Waals surface area contributed by atoms with Crippen LogP contribution in [0.5, 0.6) is 0 Å². The van der Waals surface area contributed by atoms with Crippen LogP contribution >= 0.6 is 0 Å². The number of fused-ring (bicyclic) bond motifs is 6. The van der Waals surface area contributed by atoms with E-state index in [1.54, 1.807) is 0 Å². The lowest BCUT2D eigenvalue weighted by Crippen LogP contribution is -2.11. The van der Waals surface area contributed by atoms with E-state index >= 15 is 0 Å². The zero-order chi connectivity index (χ0) is 35.1. The molecule has 10 aromatic rings. The second-order valence-corrected chi connectivity index (χ2v) is 13.8. The molecule has 1 heteroatoms. The summed E-state index contributed by atoms with van der Waals surface area (Å²) in [6.45, 7) is 0. The van der Waals surface area contributed by atoms with Gasteiger partial charge in [-0.1, -0.05) is 170 Å². The number of rotatable bonds is 6. The fourth-order valence-corrected chi connectivity index (χ4v) is 7.93. The van der Waals surface area contributed by atoms with Gasteiger partial charge in [-0.3, -0.25) is 0 Å². The molecule has 0 aromatic heterocycles. The van der Waals surface area contributed by atoms with E-state index in [1.807, 2.05) is 0 Å². The van der Waals surface area contributed by atoms with Crippen molar-refractivity contribution < 1.29 is 0 Å². The van der Waals surface area contributed by atoms with E-state index in [9.17, 15) is 0 Å². The molecular formula is C52H35N. The Balaban J connectivity index is 1.06. The number of nitrogens with zero attached hydrogens (tertiary/aromatic N) is 1. The van der Waals surface area contributed by atoms with Gasteiger partial charge in [0.25, 0.3) is 0 Å². The molecule has 0 fully saturated rings. The van der Waals surface area contributed by atoms with Crippen molar-refractivity contribution in [3.05, 3.63) is 212 Å². The van der Waals surface area contributed by atoms with Gasteiger partial charge in [-0.15, -0.1) is 0 Å². The molecule has 0 N–H and O–H groups in total. The third kappa shape index (κ3) is 5.60. The molecule has 0 atom stereocenters. The highest BCUT2D eigenvalue weighted by molar-refractivity contribution is 6.17. The van der Waals surface area contributed by atoms with Crippen LogP contribution in [0.1, 0.15) is 0 Å². The van der Waals surface area contributed by atoms with E-state index in [-0.39, 0.29) is 0 Å². The molecule has 0 aliphatic heterocycles. The highest BCUT2D eigenvalue weighted by Gasteiger charge is 2.18. The largest absolute Gasteiger partial charge is 0.310 e. The quantitative estimate of drug-likeness (QED) is 0.159. The van der Waals surface area contributed by atoms with Crippen molar-refractivity contribution in [2.24, 2.45) is 0 Å². The predicted molar refractivity (Wildman–Crippen MR) is 227 cm³/mol.